The Morgan fingerprint density at radius 3 is 2.26 bits per heavy atom. The second-order valence-corrected chi connectivity index (χ2v) is 7.65. The van der Waals surface area contributed by atoms with Crippen LogP contribution in [0.3, 0.4) is 0 Å². The molecule has 6 heteroatoms. The summed E-state index contributed by atoms with van der Waals surface area (Å²) in [5.74, 6) is 0.0623. The first-order valence-corrected chi connectivity index (χ1v) is 8.64. The number of aliphatic hydroxyl groups is 1. The van der Waals surface area contributed by atoms with Gasteiger partial charge in [0.05, 0.1) is 17.3 Å². The lowest BCUT2D eigenvalue weighted by atomic mass is 10.3. The quantitative estimate of drug-likeness (QED) is 0.816. The van der Waals surface area contributed by atoms with Gasteiger partial charge < -0.3 is 5.11 Å². The van der Waals surface area contributed by atoms with E-state index >= 15 is 0 Å². The van der Waals surface area contributed by atoms with Gasteiger partial charge in [0.25, 0.3) is 0 Å². The van der Waals surface area contributed by atoms with Crippen molar-refractivity contribution >= 4 is 25.8 Å². The van der Waals surface area contributed by atoms with E-state index in [1.165, 1.54) is 0 Å². The Kier molecular flexibility index (Phi) is 6.46. The van der Waals surface area contributed by atoms with Crippen LogP contribution in [0.4, 0.5) is 0 Å². The van der Waals surface area contributed by atoms with Crippen LogP contribution in [0.5, 0.6) is 0 Å². The standard InChI is InChI=1S/C13H20BrNO3S/c1-11(2)15(7-9-16)8-10-19(17,18)13-5-3-12(14)4-6-13/h3-6,11,16H,7-10H2,1-2H3. The van der Waals surface area contributed by atoms with E-state index in [0.717, 1.165) is 4.47 Å². The van der Waals surface area contributed by atoms with Gasteiger partial charge in [0.2, 0.25) is 0 Å². The summed E-state index contributed by atoms with van der Waals surface area (Å²) in [7, 11) is -3.27. The molecule has 0 heterocycles. The SMILES string of the molecule is CC(C)N(CCO)CCS(=O)(=O)c1ccc(Br)cc1. The molecule has 0 aromatic heterocycles. The molecule has 0 aliphatic rings. The van der Waals surface area contributed by atoms with Gasteiger partial charge in [-0.25, -0.2) is 8.42 Å². The van der Waals surface area contributed by atoms with Gasteiger partial charge in [0.1, 0.15) is 0 Å². The molecule has 0 fully saturated rings. The first kappa shape index (κ1) is 16.6. The van der Waals surface area contributed by atoms with Gasteiger partial charge in [0, 0.05) is 23.6 Å². The molecule has 0 saturated heterocycles. The monoisotopic (exact) mass is 349 g/mol. The molecule has 1 aromatic carbocycles. The normalized spacial score (nSPS) is 12.3. The molecule has 4 nitrogen and oxygen atoms in total. The predicted molar refractivity (Wildman–Crippen MR) is 80.0 cm³/mol. The first-order chi connectivity index (χ1) is 8.86. The van der Waals surface area contributed by atoms with E-state index in [9.17, 15) is 8.42 Å². The van der Waals surface area contributed by atoms with Crippen LogP contribution < -0.4 is 0 Å². The highest BCUT2D eigenvalue weighted by molar-refractivity contribution is 9.10. The topological polar surface area (TPSA) is 57.6 Å². The Balaban J connectivity index is 2.72. The van der Waals surface area contributed by atoms with Gasteiger partial charge in [0.15, 0.2) is 9.84 Å². The van der Waals surface area contributed by atoms with Crippen LogP contribution in [0, 0.1) is 0 Å². The molecular formula is C13H20BrNO3S. The third-order valence-electron chi connectivity index (χ3n) is 2.94. The predicted octanol–water partition coefficient (Wildman–Crippen LogP) is 1.93. The fourth-order valence-corrected chi connectivity index (χ4v) is 3.28. The van der Waals surface area contributed by atoms with E-state index in [4.69, 9.17) is 5.11 Å². The summed E-state index contributed by atoms with van der Waals surface area (Å²) >= 11 is 3.28. The Morgan fingerprint density at radius 2 is 1.79 bits per heavy atom. The highest BCUT2D eigenvalue weighted by Gasteiger charge is 2.17. The van der Waals surface area contributed by atoms with Crippen molar-refractivity contribution in [1.82, 2.24) is 4.90 Å². The number of rotatable bonds is 7. The first-order valence-electron chi connectivity index (χ1n) is 6.20. The highest BCUT2D eigenvalue weighted by Crippen LogP contribution is 2.16. The van der Waals surface area contributed by atoms with E-state index < -0.39 is 9.84 Å². The third-order valence-corrected chi connectivity index (χ3v) is 5.18. The zero-order valence-electron chi connectivity index (χ0n) is 11.2. The van der Waals surface area contributed by atoms with Crippen molar-refractivity contribution in [3.05, 3.63) is 28.7 Å². The van der Waals surface area contributed by atoms with Crippen molar-refractivity contribution in [1.29, 1.82) is 0 Å². The van der Waals surface area contributed by atoms with Crippen LogP contribution in [0.2, 0.25) is 0 Å². The highest BCUT2D eigenvalue weighted by atomic mass is 79.9. The summed E-state index contributed by atoms with van der Waals surface area (Å²) in [5, 5.41) is 8.97. The summed E-state index contributed by atoms with van der Waals surface area (Å²) in [6, 6.07) is 6.87. The van der Waals surface area contributed by atoms with Crippen molar-refractivity contribution in [3.63, 3.8) is 0 Å². The fraction of sp³-hybridized carbons (Fsp3) is 0.538. The number of aliphatic hydroxyl groups excluding tert-OH is 1. The second-order valence-electron chi connectivity index (χ2n) is 4.63. The van der Waals surface area contributed by atoms with Crippen molar-refractivity contribution in [3.8, 4) is 0 Å². The summed E-state index contributed by atoms with van der Waals surface area (Å²) in [6.07, 6.45) is 0. The van der Waals surface area contributed by atoms with Gasteiger partial charge >= 0.3 is 0 Å². The van der Waals surface area contributed by atoms with Crippen LogP contribution in [0.1, 0.15) is 13.8 Å². The number of hydrogen-bond acceptors (Lipinski definition) is 4. The molecule has 0 atom stereocenters. The molecule has 19 heavy (non-hydrogen) atoms. The van der Waals surface area contributed by atoms with Crippen LogP contribution >= 0.6 is 15.9 Å². The molecule has 0 spiro atoms. The smallest absolute Gasteiger partial charge is 0.179 e. The van der Waals surface area contributed by atoms with Crippen molar-refractivity contribution in [2.45, 2.75) is 24.8 Å². The molecule has 0 aliphatic carbocycles. The molecule has 1 rings (SSSR count). The maximum absolute atomic E-state index is 12.2. The van der Waals surface area contributed by atoms with Crippen molar-refractivity contribution in [2.24, 2.45) is 0 Å². The van der Waals surface area contributed by atoms with Gasteiger partial charge in [-0.15, -0.1) is 0 Å². The molecule has 0 saturated carbocycles. The Labute approximate surface area is 123 Å². The molecule has 1 aromatic rings. The zero-order chi connectivity index (χ0) is 14.5. The molecule has 0 bridgehead atoms. The van der Waals surface area contributed by atoms with Crippen molar-refractivity contribution in [2.75, 3.05) is 25.4 Å². The van der Waals surface area contributed by atoms with Gasteiger partial charge in [-0.05, 0) is 38.1 Å². The third kappa shape index (κ3) is 5.22. The molecule has 1 N–H and O–H groups in total. The number of nitrogens with zero attached hydrogens (tertiary/aromatic N) is 1. The van der Waals surface area contributed by atoms with Crippen LogP contribution in [-0.4, -0.2) is 49.9 Å². The van der Waals surface area contributed by atoms with E-state index in [1.54, 1.807) is 24.3 Å². The molecule has 108 valence electrons. The largest absolute Gasteiger partial charge is 0.395 e. The average molecular weight is 350 g/mol. The van der Waals surface area contributed by atoms with E-state index in [0.29, 0.717) is 18.0 Å². The van der Waals surface area contributed by atoms with Crippen molar-refractivity contribution < 1.29 is 13.5 Å². The lowest BCUT2D eigenvalue weighted by Gasteiger charge is -2.25. The Morgan fingerprint density at radius 1 is 1.21 bits per heavy atom. The summed E-state index contributed by atoms with van der Waals surface area (Å²) in [6.45, 7) is 4.93. The minimum absolute atomic E-state index is 0.0382. The fourth-order valence-electron chi connectivity index (χ4n) is 1.75. The summed E-state index contributed by atoms with van der Waals surface area (Å²) in [4.78, 5) is 2.29. The van der Waals surface area contributed by atoms with Crippen LogP contribution in [0.25, 0.3) is 0 Å². The number of benzene rings is 1. The zero-order valence-corrected chi connectivity index (χ0v) is 13.6. The van der Waals surface area contributed by atoms with E-state index in [-0.39, 0.29) is 18.4 Å². The molecule has 0 radical (unpaired) electrons. The number of sulfone groups is 1. The molecule has 0 amide bonds. The minimum Gasteiger partial charge on any atom is -0.395 e. The van der Waals surface area contributed by atoms with Crippen LogP contribution in [-0.2, 0) is 9.84 Å². The number of hydrogen-bond donors (Lipinski definition) is 1. The maximum Gasteiger partial charge on any atom is 0.179 e. The van der Waals surface area contributed by atoms with E-state index in [2.05, 4.69) is 15.9 Å². The van der Waals surface area contributed by atoms with Gasteiger partial charge in [-0.1, -0.05) is 15.9 Å². The molecule has 0 aliphatic heterocycles. The second kappa shape index (κ2) is 7.38. The maximum atomic E-state index is 12.2. The van der Waals surface area contributed by atoms with Gasteiger partial charge in [-0.3, -0.25) is 4.90 Å². The van der Waals surface area contributed by atoms with E-state index in [1.807, 2.05) is 18.7 Å². The summed E-state index contributed by atoms with van der Waals surface area (Å²) < 4.78 is 25.2. The average Bonchev–Trinajstić information content (AvgIpc) is 2.34. The Bertz CT molecular complexity index is 485. The number of halogens is 1. The molecular weight excluding hydrogens is 330 g/mol. The van der Waals surface area contributed by atoms with Gasteiger partial charge in [-0.2, -0.15) is 0 Å². The minimum atomic E-state index is -3.27. The molecule has 0 unspecified atom stereocenters. The lowest BCUT2D eigenvalue weighted by Crippen LogP contribution is -2.37. The Hall–Kier alpha value is -0.430. The van der Waals surface area contributed by atoms with Crippen LogP contribution in [0.15, 0.2) is 33.6 Å². The lowest BCUT2D eigenvalue weighted by molar-refractivity contribution is 0.173. The summed E-state index contributed by atoms with van der Waals surface area (Å²) in [5.41, 5.74) is 0.